The molecule has 124 valence electrons. The third-order valence-corrected chi connectivity index (χ3v) is 2.16. The topological polar surface area (TPSA) is 47.9 Å². The predicted octanol–water partition coefficient (Wildman–Crippen LogP) is 4.03. The zero-order valence-electron chi connectivity index (χ0n) is 13.8. The summed E-state index contributed by atoms with van der Waals surface area (Å²) >= 11 is 3.15. The fourth-order valence-electron chi connectivity index (χ4n) is 1.32. The third kappa shape index (κ3) is 11.5. The minimum Gasteiger partial charge on any atom is -0.493 e. The van der Waals surface area contributed by atoms with Crippen LogP contribution in [0.15, 0.2) is 18.2 Å². The number of aliphatic hydroxyl groups excluding tert-OH is 1. The van der Waals surface area contributed by atoms with Crippen molar-refractivity contribution in [1.29, 1.82) is 0 Å². The lowest BCUT2D eigenvalue weighted by atomic mass is 10.2. The summed E-state index contributed by atoms with van der Waals surface area (Å²) in [5, 5.41) is 10.1. The molecule has 1 rings (SSSR count). The number of hydrogen-bond acceptors (Lipinski definition) is 4. The van der Waals surface area contributed by atoms with Crippen molar-refractivity contribution in [2.75, 3.05) is 32.8 Å². The maximum atomic E-state index is 9.02. The Hall–Kier alpha value is -0.780. The van der Waals surface area contributed by atoms with Crippen LogP contribution in [0.25, 0.3) is 0 Å². The van der Waals surface area contributed by atoms with Crippen LogP contribution < -0.4 is 9.47 Å². The first-order valence-electron chi connectivity index (χ1n) is 7.18. The highest BCUT2D eigenvalue weighted by molar-refractivity contribution is 9.09. The summed E-state index contributed by atoms with van der Waals surface area (Å²) in [7, 11) is 3.25. The van der Waals surface area contributed by atoms with E-state index in [2.05, 4.69) is 15.9 Å². The van der Waals surface area contributed by atoms with Crippen molar-refractivity contribution < 1.29 is 19.3 Å². The Kier molecular flexibility index (Phi) is 18.5. The predicted molar refractivity (Wildman–Crippen MR) is 91.7 cm³/mol. The van der Waals surface area contributed by atoms with Crippen LogP contribution in [0.3, 0.4) is 0 Å². The van der Waals surface area contributed by atoms with E-state index in [9.17, 15) is 0 Å². The Labute approximate surface area is 137 Å². The maximum Gasteiger partial charge on any atom is 0.161 e. The lowest BCUT2D eigenvalue weighted by molar-refractivity contribution is 0.170. The molecule has 1 N–H and O–H groups in total. The number of aliphatic hydroxyl groups is 1. The zero-order chi connectivity index (χ0) is 16.5. The lowest BCUT2D eigenvalue weighted by Gasteiger charge is -2.11. The van der Waals surface area contributed by atoms with E-state index < -0.39 is 0 Å². The number of rotatable bonds is 7. The van der Waals surface area contributed by atoms with E-state index in [-0.39, 0.29) is 6.61 Å². The second-order valence-corrected chi connectivity index (χ2v) is 4.73. The minimum absolute atomic E-state index is 0.00156. The molecule has 0 amide bonds. The first kappa shape index (κ1) is 22.5. The van der Waals surface area contributed by atoms with Crippen molar-refractivity contribution >= 4 is 15.9 Å². The molecule has 0 bridgehead atoms. The molecule has 0 fully saturated rings. The molecule has 21 heavy (non-hydrogen) atoms. The van der Waals surface area contributed by atoms with E-state index in [0.717, 1.165) is 17.3 Å². The summed E-state index contributed by atoms with van der Waals surface area (Å²) in [5.74, 6) is 1.33. The largest absolute Gasteiger partial charge is 0.493 e. The molecule has 0 heterocycles. The molecule has 0 spiro atoms. The first-order valence-corrected chi connectivity index (χ1v) is 8.31. The van der Waals surface area contributed by atoms with Gasteiger partial charge in [0.2, 0.25) is 0 Å². The molecule has 0 saturated heterocycles. The lowest BCUT2D eigenvalue weighted by Crippen LogP contribution is -2.03. The molecule has 0 atom stereocenters. The van der Waals surface area contributed by atoms with Gasteiger partial charge in [0.15, 0.2) is 11.5 Å². The molecule has 0 radical (unpaired) electrons. The summed E-state index contributed by atoms with van der Waals surface area (Å²) in [6, 6.07) is 5.38. The highest BCUT2D eigenvalue weighted by atomic mass is 79.9. The second-order valence-electron chi connectivity index (χ2n) is 3.61. The summed E-state index contributed by atoms with van der Waals surface area (Å²) in [6.07, 6.45) is 0.822. The van der Waals surface area contributed by atoms with E-state index in [1.807, 2.05) is 20.8 Å². The molecule has 0 saturated carbocycles. The molecule has 0 aliphatic rings. The van der Waals surface area contributed by atoms with E-state index in [0.29, 0.717) is 24.7 Å². The molecule has 1 aromatic carbocycles. The Bertz CT molecular complexity index is 332. The fraction of sp³-hybridized carbons (Fsp3) is 0.625. The van der Waals surface area contributed by atoms with Gasteiger partial charge in [0, 0.05) is 25.5 Å². The van der Waals surface area contributed by atoms with Crippen LogP contribution in [-0.4, -0.2) is 37.9 Å². The van der Waals surface area contributed by atoms with E-state index in [1.54, 1.807) is 32.4 Å². The van der Waals surface area contributed by atoms with Crippen molar-refractivity contribution in [3.8, 4) is 11.5 Å². The minimum atomic E-state index is -0.00156. The Morgan fingerprint density at radius 2 is 1.71 bits per heavy atom. The molecule has 0 aliphatic carbocycles. The number of benzene rings is 1. The highest BCUT2D eigenvalue weighted by Crippen LogP contribution is 2.28. The van der Waals surface area contributed by atoms with Gasteiger partial charge in [0.25, 0.3) is 0 Å². The summed E-state index contributed by atoms with van der Waals surface area (Å²) < 4.78 is 15.7. The molecule has 4 nitrogen and oxygen atoms in total. The standard InChI is InChI=1S/C12H18O4.C2H5Br.C2H6/c1-14-6-3-7-16-12-8-10(9-13)4-5-11(12)15-2;1-2-3;1-2/h4-5,8,13H,3,6-7,9H2,1-2H3;2H2,1H3;1-2H3. The second kappa shape index (κ2) is 17.3. The molecule has 0 unspecified atom stereocenters. The van der Waals surface area contributed by atoms with E-state index in [4.69, 9.17) is 19.3 Å². The normalized spacial score (nSPS) is 8.90. The zero-order valence-corrected chi connectivity index (χ0v) is 15.4. The Morgan fingerprint density at radius 1 is 1.10 bits per heavy atom. The van der Waals surface area contributed by atoms with Gasteiger partial charge in [0.1, 0.15) is 0 Å². The maximum absolute atomic E-state index is 9.02. The average Bonchev–Trinajstić information content (AvgIpc) is 2.54. The van der Waals surface area contributed by atoms with Gasteiger partial charge >= 0.3 is 0 Å². The van der Waals surface area contributed by atoms with Crippen molar-refractivity contribution in [2.24, 2.45) is 0 Å². The molecule has 0 aliphatic heterocycles. The number of methoxy groups -OCH3 is 2. The van der Waals surface area contributed by atoms with Crippen LogP contribution in [-0.2, 0) is 11.3 Å². The van der Waals surface area contributed by atoms with E-state index >= 15 is 0 Å². The van der Waals surface area contributed by atoms with Gasteiger partial charge in [-0.05, 0) is 17.7 Å². The van der Waals surface area contributed by atoms with Crippen molar-refractivity contribution in [3.63, 3.8) is 0 Å². The van der Waals surface area contributed by atoms with Crippen LogP contribution in [0.4, 0.5) is 0 Å². The van der Waals surface area contributed by atoms with Crippen LogP contribution in [0.2, 0.25) is 0 Å². The van der Waals surface area contributed by atoms with Gasteiger partial charge in [-0.25, -0.2) is 0 Å². The van der Waals surface area contributed by atoms with Gasteiger partial charge in [-0.3, -0.25) is 0 Å². The Morgan fingerprint density at radius 3 is 2.19 bits per heavy atom. The molecular formula is C16H29BrO4. The summed E-state index contributed by atoms with van der Waals surface area (Å²) in [6.45, 7) is 7.28. The van der Waals surface area contributed by atoms with Gasteiger partial charge in [0.05, 0.1) is 20.3 Å². The van der Waals surface area contributed by atoms with Crippen LogP contribution in [0, 0.1) is 0 Å². The van der Waals surface area contributed by atoms with Gasteiger partial charge in [-0.2, -0.15) is 0 Å². The Balaban J connectivity index is 0. The number of ether oxygens (including phenoxy) is 3. The van der Waals surface area contributed by atoms with E-state index in [1.165, 1.54) is 0 Å². The summed E-state index contributed by atoms with van der Waals surface area (Å²) in [5.41, 5.74) is 0.808. The van der Waals surface area contributed by atoms with Gasteiger partial charge < -0.3 is 19.3 Å². The quantitative estimate of drug-likeness (QED) is 0.586. The molecular weight excluding hydrogens is 336 g/mol. The number of alkyl halides is 1. The summed E-state index contributed by atoms with van der Waals surface area (Å²) in [4.78, 5) is 0. The first-order chi connectivity index (χ1) is 10.2. The third-order valence-electron chi connectivity index (χ3n) is 2.16. The molecule has 5 heteroatoms. The van der Waals surface area contributed by atoms with Crippen molar-refractivity contribution in [3.05, 3.63) is 23.8 Å². The molecule has 1 aromatic rings. The van der Waals surface area contributed by atoms with Crippen molar-refractivity contribution in [1.82, 2.24) is 0 Å². The monoisotopic (exact) mass is 364 g/mol. The molecule has 0 aromatic heterocycles. The van der Waals surface area contributed by atoms with Gasteiger partial charge in [-0.15, -0.1) is 0 Å². The van der Waals surface area contributed by atoms with Crippen LogP contribution >= 0.6 is 15.9 Å². The smallest absolute Gasteiger partial charge is 0.161 e. The SMILES string of the molecule is CC.CCBr.COCCCOc1cc(CO)ccc1OC. The van der Waals surface area contributed by atoms with Crippen LogP contribution in [0.1, 0.15) is 32.8 Å². The average molecular weight is 365 g/mol. The van der Waals surface area contributed by atoms with Crippen molar-refractivity contribution in [2.45, 2.75) is 33.8 Å². The number of halogens is 1. The van der Waals surface area contributed by atoms with Gasteiger partial charge in [-0.1, -0.05) is 42.8 Å². The number of hydrogen-bond donors (Lipinski definition) is 1. The van der Waals surface area contributed by atoms with Crippen LogP contribution in [0.5, 0.6) is 11.5 Å². The highest BCUT2D eigenvalue weighted by Gasteiger charge is 2.05. The fourth-order valence-corrected chi connectivity index (χ4v) is 1.32.